The number of nitro benzene ring substituents is 1. The van der Waals surface area contributed by atoms with Crippen LogP contribution in [0.2, 0.25) is 0 Å². The van der Waals surface area contributed by atoms with Crippen LogP contribution in [0.3, 0.4) is 0 Å². The van der Waals surface area contributed by atoms with Crippen LogP contribution in [0.5, 0.6) is 5.75 Å². The molecule has 6 heteroatoms. The lowest BCUT2D eigenvalue weighted by Crippen LogP contribution is -2.33. The van der Waals surface area contributed by atoms with E-state index in [0.717, 1.165) is 11.3 Å². The molecule has 2 atom stereocenters. The molecule has 2 unspecified atom stereocenters. The summed E-state index contributed by atoms with van der Waals surface area (Å²) in [4.78, 5) is 10.6. The zero-order valence-electron chi connectivity index (χ0n) is 12.5. The fourth-order valence-corrected chi connectivity index (χ4v) is 4.02. The normalized spacial score (nSPS) is 21.4. The first-order valence-electron chi connectivity index (χ1n) is 7.31. The van der Waals surface area contributed by atoms with Crippen molar-refractivity contribution < 1.29 is 9.66 Å². The summed E-state index contributed by atoms with van der Waals surface area (Å²) in [5, 5.41) is 15.2. The number of hydrogen-bond acceptors (Lipinski definition) is 5. The lowest BCUT2D eigenvalue weighted by Gasteiger charge is -2.20. The lowest BCUT2D eigenvalue weighted by atomic mass is 10.1. The fraction of sp³-hybridized carbons (Fsp3) is 0.600. The molecule has 1 aliphatic rings. The van der Waals surface area contributed by atoms with Gasteiger partial charge in [0.1, 0.15) is 5.75 Å². The largest absolute Gasteiger partial charge is 0.496 e. The van der Waals surface area contributed by atoms with Gasteiger partial charge in [0.2, 0.25) is 0 Å². The van der Waals surface area contributed by atoms with E-state index in [-0.39, 0.29) is 10.6 Å². The highest BCUT2D eigenvalue weighted by Gasteiger charge is 2.26. The molecule has 21 heavy (non-hydrogen) atoms. The van der Waals surface area contributed by atoms with Crippen molar-refractivity contribution in [3.63, 3.8) is 0 Å². The predicted octanol–water partition coefficient (Wildman–Crippen LogP) is 3.37. The van der Waals surface area contributed by atoms with Crippen molar-refractivity contribution in [3.05, 3.63) is 33.9 Å². The second-order valence-corrected chi connectivity index (χ2v) is 6.72. The SMILES string of the molecule is CCSC1CCCC1NCc1cc(OC)cc([N+](=O)[O-])c1. The highest BCUT2D eigenvalue weighted by Crippen LogP contribution is 2.30. The van der Waals surface area contributed by atoms with Crippen LogP contribution >= 0.6 is 11.8 Å². The molecular weight excluding hydrogens is 288 g/mol. The third-order valence-corrected chi connectivity index (χ3v) is 5.12. The molecule has 1 saturated carbocycles. The Morgan fingerprint density at radius 1 is 1.43 bits per heavy atom. The van der Waals surface area contributed by atoms with E-state index in [1.54, 1.807) is 6.07 Å². The van der Waals surface area contributed by atoms with E-state index in [4.69, 9.17) is 4.74 Å². The number of non-ortho nitro benzene ring substituents is 1. The Morgan fingerprint density at radius 2 is 2.24 bits per heavy atom. The maximum atomic E-state index is 10.9. The Balaban J connectivity index is 2.02. The van der Waals surface area contributed by atoms with E-state index < -0.39 is 0 Å². The van der Waals surface area contributed by atoms with Gasteiger partial charge in [-0.25, -0.2) is 0 Å². The van der Waals surface area contributed by atoms with Gasteiger partial charge in [0.15, 0.2) is 0 Å². The van der Waals surface area contributed by atoms with Gasteiger partial charge in [-0.05, 0) is 30.2 Å². The average Bonchev–Trinajstić information content (AvgIpc) is 2.92. The Labute approximate surface area is 129 Å². The van der Waals surface area contributed by atoms with Gasteiger partial charge in [0.05, 0.1) is 18.1 Å². The zero-order valence-corrected chi connectivity index (χ0v) is 13.3. The maximum Gasteiger partial charge on any atom is 0.273 e. The van der Waals surface area contributed by atoms with Crippen molar-refractivity contribution in [2.24, 2.45) is 0 Å². The van der Waals surface area contributed by atoms with Gasteiger partial charge in [0.25, 0.3) is 5.69 Å². The lowest BCUT2D eigenvalue weighted by molar-refractivity contribution is -0.385. The van der Waals surface area contributed by atoms with E-state index in [9.17, 15) is 10.1 Å². The van der Waals surface area contributed by atoms with Crippen molar-refractivity contribution in [1.82, 2.24) is 5.32 Å². The van der Waals surface area contributed by atoms with Gasteiger partial charge < -0.3 is 10.1 Å². The van der Waals surface area contributed by atoms with Gasteiger partial charge in [0, 0.05) is 23.9 Å². The van der Waals surface area contributed by atoms with Crippen LogP contribution in [-0.4, -0.2) is 29.1 Å². The highest BCUT2D eigenvalue weighted by molar-refractivity contribution is 7.99. The fourth-order valence-electron chi connectivity index (χ4n) is 2.79. The summed E-state index contributed by atoms with van der Waals surface area (Å²) in [5.74, 6) is 1.67. The summed E-state index contributed by atoms with van der Waals surface area (Å²) in [6, 6.07) is 5.43. The molecule has 1 aliphatic carbocycles. The van der Waals surface area contributed by atoms with Crippen molar-refractivity contribution in [1.29, 1.82) is 0 Å². The molecule has 0 aliphatic heterocycles. The summed E-state index contributed by atoms with van der Waals surface area (Å²) in [7, 11) is 1.53. The molecule has 2 rings (SSSR count). The van der Waals surface area contributed by atoms with E-state index in [0.29, 0.717) is 23.6 Å². The summed E-state index contributed by atoms with van der Waals surface area (Å²) >= 11 is 2.00. The summed E-state index contributed by atoms with van der Waals surface area (Å²) in [6.45, 7) is 2.83. The third kappa shape index (κ3) is 4.35. The summed E-state index contributed by atoms with van der Waals surface area (Å²) in [5.41, 5.74) is 0.977. The van der Waals surface area contributed by atoms with Crippen molar-refractivity contribution in [2.45, 2.75) is 44.0 Å². The third-order valence-electron chi connectivity index (χ3n) is 3.80. The molecule has 0 saturated heterocycles. The Bertz CT molecular complexity index is 496. The molecule has 0 spiro atoms. The number of hydrogen-bond donors (Lipinski definition) is 1. The first kappa shape index (κ1) is 16.1. The molecule has 1 N–H and O–H groups in total. The second kappa shape index (κ2) is 7.66. The number of benzene rings is 1. The van der Waals surface area contributed by atoms with Gasteiger partial charge in [-0.3, -0.25) is 10.1 Å². The number of methoxy groups -OCH3 is 1. The summed E-state index contributed by atoms with van der Waals surface area (Å²) in [6.07, 6.45) is 3.70. The minimum absolute atomic E-state index is 0.0806. The molecule has 116 valence electrons. The smallest absolute Gasteiger partial charge is 0.273 e. The maximum absolute atomic E-state index is 10.9. The molecule has 0 radical (unpaired) electrons. The van der Waals surface area contributed by atoms with Crippen molar-refractivity contribution in [3.8, 4) is 5.75 Å². The molecule has 0 aromatic heterocycles. The molecule has 5 nitrogen and oxygen atoms in total. The number of nitro groups is 1. The molecular formula is C15H22N2O3S. The number of thioether (sulfide) groups is 1. The highest BCUT2D eigenvalue weighted by atomic mass is 32.2. The summed E-state index contributed by atoms with van der Waals surface area (Å²) < 4.78 is 5.14. The number of nitrogens with one attached hydrogen (secondary N) is 1. The molecule has 0 bridgehead atoms. The van der Waals surface area contributed by atoms with E-state index in [1.165, 1.54) is 32.4 Å². The first-order chi connectivity index (χ1) is 10.1. The van der Waals surface area contributed by atoms with Crippen molar-refractivity contribution in [2.75, 3.05) is 12.9 Å². The standard InChI is InChI=1S/C15H22N2O3S/c1-3-21-15-6-4-5-14(15)16-10-11-7-12(17(18)19)9-13(8-11)20-2/h7-9,14-16H,3-6,10H2,1-2H3. The molecule has 1 fully saturated rings. The minimum atomic E-state index is -0.378. The van der Waals surface area contributed by atoms with Crippen LogP contribution < -0.4 is 10.1 Å². The van der Waals surface area contributed by atoms with E-state index in [2.05, 4.69) is 12.2 Å². The second-order valence-electron chi connectivity index (χ2n) is 5.21. The van der Waals surface area contributed by atoms with Crippen LogP contribution in [0.4, 0.5) is 5.69 Å². The Hall–Kier alpha value is -1.27. The van der Waals surface area contributed by atoms with Crippen LogP contribution in [0.25, 0.3) is 0 Å². The van der Waals surface area contributed by atoms with Gasteiger partial charge >= 0.3 is 0 Å². The predicted molar refractivity (Wildman–Crippen MR) is 86.0 cm³/mol. The molecule has 0 heterocycles. The zero-order chi connectivity index (χ0) is 15.2. The first-order valence-corrected chi connectivity index (χ1v) is 8.36. The number of rotatable bonds is 7. The monoisotopic (exact) mass is 310 g/mol. The molecule has 1 aromatic rings. The number of nitrogens with zero attached hydrogens (tertiary/aromatic N) is 1. The van der Waals surface area contributed by atoms with Crippen LogP contribution in [0.1, 0.15) is 31.7 Å². The molecule has 1 aromatic carbocycles. The van der Waals surface area contributed by atoms with Crippen molar-refractivity contribution >= 4 is 17.4 Å². The van der Waals surface area contributed by atoms with Gasteiger partial charge in [-0.2, -0.15) is 11.8 Å². The number of ether oxygens (including phenoxy) is 1. The van der Waals surface area contributed by atoms with Gasteiger partial charge in [-0.1, -0.05) is 13.3 Å². The van der Waals surface area contributed by atoms with E-state index >= 15 is 0 Å². The van der Waals surface area contributed by atoms with E-state index in [1.807, 2.05) is 17.8 Å². The van der Waals surface area contributed by atoms with Crippen LogP contribution in [0.15, 0.2) is 18.2 Å². The Kier molecular flexibility index (Phi) is 5.87. The van der Waals surface area contributed by atoms with Crippen LogP contribution in [0, 0.1) is 10.1 Å². The average molecular weight is 310 g/mol. The van der Waals surface area contributed by atoms with Crippen LogP contribution in [-0.2, 0) is 6.54 Å². The van der Waals surface area contributed by atoms with Gasteiger partial charge in [-0.15, -0.1) is 0 Å². The Morgan fingerprint density at radius 3 is 2.90 bits per heavy atom. The topological polar surface area (TPSA) is 64.4 Å². The molecule has 0 amide bonds. The minimum Gasteiger partial charge on any atom is -0.496 e. The quantitative estimate of drug-likeness (QED) is 0.618.